The van der Waals surface area contributed by atoms with Crippen LogP contribution in [0.25, 0.3) is 0 Å². The zero-order valence-corrected chi connectivity index (χ0v) is 16.2. The van der Waals surface area contributed by atoms with Gasteiger partial charge in [0.25, 0.3) is 0 Å². The summed E-state index contributed by atoms with van der Waals surface area (Å²) in [5.74, 6) is 2.31. The van der Waals surface area contributed by atoms with Crippen LogP contribution in [0, 0.1) is 37.4 Å². The number of thioether (sulfide) groups is 1. The third-order valence-corrected chi connectivity index (χ3v) is 6.15. The molecule has 1 saturated carbocycles. The molecule has 0 saturated heterocycles. The Morgan fingerprint density at radius 2 is 1.69 bits per heavy atom. The van der Waals surface area contributed by atoms with Gasteiger partial charge in [-0.1, -0.05) is 48.0 Å². The summed E-state index contributed by atoms with van der Waals surface area (Å²) in [4.78, 5) is 8.68. The topological polar surface area (TPSA) is 15.6 Å². The van der Waals surface area contributed by atoms with E-state index < -0.39 is 0 Å². The summed E-state index contributed by atoms with van der Waals surface area (Å²) in [6.07, 6.45) is 6.51. The van der Waals surface area contributed by atoms with Gasteiger partial charge in [-0.25, -0.2) is 0 Å². The minimum atomic E-state index is 0.184. The summed E-state index contributed by atoms with van der Waals surface area (Å²) in [6, 6.07) is 19.8. The molecule has 1 aliphatic heterocycles. The zero-order chi connectivity index (χ0) is 18.1. The van der Waals surface area contributed by atoms with Gasteiger partial charge in [0.05, 0.1) is 23.3 Å². The van der Waals surface area contributed by atoms with Crippen LogP contribution in [0.5, 0.6) is 0 Å². The fraction of sp³-hybridized carbons (Fsp3) is 0.217. The van der Waals surface area contributed by atoms with E-state index in [1.807, 2.05) is 11.8 Å². The summed E-state index contributed by atoms with van der Waals surface area (Å²) >= 11 is 1.81. The van der Waals surface area contributed by atoms with E-state index >= 15 is 0 Å². The Labute approximate surface area is 161 Å². The lowest BCUT2D eigenvalue weighted by molar-refractivity contribution is 0.379. The van der Waals surface area contributed by atoms with E-state index in [2.05, 4.69) is 99.7 Å². The van der Waals surface area contributed by atoms with Crippen molar-refractivity contribution < 1.29 is 0 Å². The molecule has 2 aromatic rings. The Hall–Kier alpha value is -1.74. The Balaban J connectivity index is 1.55. The quantitative estimate of drug-likeness (QED) is 0.737. The van der Waals surface area contributed by atoms with Crippen LogP contribution in [0.4, 0.5) is 0 Å². The first-order valence-electron chi connectivity index (χ1n) is 8.99. The predicted molar refractivity (Wildman–Crippen MR) is 110 cm³/mol. The maximum atomic E-state index is 5.11. The third kappa shape index (κ3) is 3.42. The number of aryl methyl sites for hydroxylation is 1. The second-order valence-electron chi connectivity index (χ2n) is 6.88. The molecule has 2 atom stereocenters. The smallest absolute Gasteiger partial charge is 0.109 e. The van der Waals surface area contributed by atoms with Gasteiger partial charge in [0, 0.05) is 11.9 Å². The summed E-state index contributed by atoms with van der Waals surface area (Å²) in [5, 5.41) is 1.26. The molecule has 0 amide bonds. The fourth-order valence-corrected chi connectivity index (χ4v) is 4.35. The second-order valence-corrected chi connectivity index (χ2v) is 7.99. The van der Waals surface area contributed by atoms with Gasteiger partial charge in [0.15, 0.2) is 0 Å². The van der Waals surface area contributed by atoms with Crippen molar-refractivity contribution in [2.75, 3.05) is 7.05 Å². The fourth-order valence-electron chi connectivity index (χ4n) is 3.41. The minimum absolute atomic E-state index is 0.184. The normalized spacial score (nSPS) is 24.3. The molecule has 3 heteroatoms. The van der Waals surface area contributed by atoms with Crippen LogP contribution in [0.2, 0.25) is 0 Å². The highest BCUT2D eigenvalue weighted by atomic mass is 32.2. The first-order valence-corrected chi connectivity index (χ1v) is 9.81. The molecular weight excluding hydrogens is 336 g/mol. The summed E-state index contributed by atoms with van der Waals surface area (Å²) in [5.41, 5.74) is 2.57. The number of hydrogen-bond donors (Lipinski definition) is 0. The van der Waals surface area contributed by atoms with Crippen LogP contribution in [0.3, 0.4) is 0 Å². The first-order chi connectivity index (χ1) is 12.6. The van der Waals surface area contributed by atoms with E-state index in [-0.39, 0.29) is 6.04 Å². The van der Waals surface area contributed by atoms with Crippen molar-refractivity contribution in [3.8, 4) is 0 Å². The van der Waals surface area contributed by atoms with Crippen molar-refractivity contribution >= 4 is 17.6 Å². The Bertz CT molecular complexity index is 769. The van der Waals surface area contributed by atoms with Gasteiger partial charge in [-0.2, -0.15) is 0 Å². The van der Waals surface area contributed by atoms with Crippen LogP contribution in [-0.4, -0.2) is 23.8 Å². The molecule has 1 aliphatic carbocycles. The zero-order valence-electron chi connectivity index (χ0n) is 15.4. The number of aliphatic imine (C=N–C) groups is 1. The van der Waals surface area contributed by atoms with E-state index in [9.17, 15) is 0 Å². The Morgan fingerprint density at radius 1 is 0.962 bits per heavy atom. The third-order valence-electron chi connectivity index (χ3n) is 5.07. The molecule has 1 fully saturated rings. The second kappa shape index (κ2) is 7.48. The molecule has 4 rings (SSSR count). The van der Waals surface area contributed by atoms with Crippen molar-refractivity contribution in [3.05, 3.63) is 96.2 Å². The lowest BCUT2D eigenvalue weighted by Gasteiger charge is -2.27. The number of nitrogens with zero attached hydrogens (tertiary/aromatic N) is 2. The molecule has 0 unspecified atom stereocenters. The summed E-state index contributed by atoms with van der Waals surface area (Å²) < 4.78 is 0. The van der Waals surface area contributed by atoms with Gasteiger partial charge in [0.2, 0.25) is 0 Å². The van der Waals surface area contributed by atoms with Crippen molar-refractivity contribution in [3.63, 3.8) is 0 Å². The van der Waals surface area contributed by atoms with Crippen molar-refractivity contribution in [1.29, 1.82) is 0 Å². The molecule has 0 N–H and O–H groups in total. The minimum Gasteiger partial charge on any atom is -0.358 e. The van der Waals surface area contributed by atoms with Crippen LogP contribution in [-0.2, 0) is 0 Å². The van der Waals surface area contributed by atoms with E-state index in [4.69, 9.17) is 4.99 Å². The van der Waals surface area contributed by atoms with Gasteiger partial charge in [-0.3, -0.25) is 4.99 Å². The van der Waals surface area contributed by atoms with Gasteiger partial charge >= 0.3 is 0 Å². The van der Waals surface area contributed by atoms with E-state index in [0.29, 0.717) is 6.04 Å². The number of rotatable bonds is 4. The van der Waals surface area contributed by atoms with E-state index in [1.54, 1.807) is 0 Å². The van der Waals surface area contributed by atoms with E-state index in [1.165, 1.54) is 27.2 Å². The molecule has 131 valence electrons. The molecule has 2 aliphatic rings. The average molecular weight is 360 g/mol. The van der Waals surface area contributed by atoms with Crippen molar-refractivity contribution in [2.45, 2.75) is 30.8 Å². The lowest BCUT2D eigenvalue weighted by Crippen LogP contribution is -2.35. The number of hydrogen-bond acceptors (Lipinski definition) is 3. The molecule has 1 heterocycles. The number of likely N-dealkylation sites (N-methyl/N-ethyl adjacent to an activating group) is 1. The standard InChI is InChI=1S/C23H23N2S/c1-16-12-14-19(15-13-16)26-21-11-7-10-20(21)23-24-22(17(2)25(23)3)18-8-5-4-6-9-18/h4-15,17,22H,1-3H3/t17-,22+/m0/s1. The van der Waals surface area contributed by atoms with Crippen LogP contribution in [0.15, 0.2) is 64.5 Å². The van der Waals surface area contributed by atoms with Gasteiger partial charge in [-0.15, -0.1) is 11.8 Å². The first kappa shape index (κ1) is 17.7. The SMILES string of the molecule is Cc1ccc(S[C]2[CH][CH][CH][C]2C2=N[C@@H](c3ccccc3)[C@H](C)N2C)cc1. The van der Waals surface area contributed by atoms with Crippen LogP contribution >= 0.6 is 11.8 Å². The van der Waals surface area contributed by atoms with Gasteiger partial charge < -0.3 is 4.90 Å². The largest absolute Gasteiger partial charge is 0.358 e. The summed E-state index contributed by atoms with van der Waals surface area (Å²) in [6.45, 7) is 4.37. The monoisotopic (exact) mass is 359 g/mol. The van der Waals surface area contributed by atoms with Gasteiger partial charge in [-0.05, 0) is 50.8 Å². The highest BCUT2D eigenvalue weighted by Crippen LogP contribution is 2.48. The molecule has 26 heavy (non-hydrogen) atoms. The van der Waals surface area contributed by atoms with Crippen LogP contribution in [0.1, 0.15) is 24.1 Å². The highest BCUT2D eigenvalue weighted by Gasteiger charge is 2.41. The molecule has 5 radical (unpaired) electrons. The molecule has 2 aromatic carbocycles. The number of amidine groups is 1. The predicted octanol–water partition coefficient (Wildman–Crippen LogP) is 5.29. The molecule has 0 aromatic heterocycles. The molecule has 0 spiro atoms. The maximum Gasteiger partial charge on any atom is 0.109 e. The highest BCUT2D eigenvalue weighted by molar-refractivity contribution is 8.02. The molecule has 2 nitrogen and oxygen atoms in total. The number of benzene rings is 2. The lowest BCUT2D eigenvalue weighted by atomic mass is 10.0. The van der Waals surface area contributed by atoms with E-state index in [0.717, 1.165) is 5.84 Å². The van der Waals surface area contributed by atoms with Crippen molar-refractivity contribution in [1.82, 2.24) is 4.90 Å². The Kier molecular flexibility index (Phi) is 5.08. The average Bonchev–Trinajstić information content (AvgIpc) is 3.23. The van der Waals surface area contributed by atoms with Crippen LogP contribution < -0.4 is 0 Å². The Morgan fingerprint density at radius 3 is 2.42 bits per heavy atom. The molecular formula is C23H23N2S. The maximum absolute atomic E-state index is 5.11. The van der Waals surface area contributed by atoms with Crippen molar-refractivity contribution in [2.24, 2.45) is 4.99 Å². The molecule has 0 bridgehead atoms. The van der Waals surface area contributed by atoms with Gasteiger partial charge in [0.1, 0.15) is 5.84 Å². The summed E-state index contributed by atoms with van der Waals surface area (Å²) in [7, 11) is 2.15.